The third-order valence-corrected chi connectivity index (χ3v) is 4.53. The first-order chi connectivity index (χ1) is 13.4. The zero-order valence-corrected chi connectivity index (χ0v) is 16.0. The van der Waals surface area contributed by atoms with E-state index in [9.17, 15) is 14.4 Å². The van der Waals surface area contributed by atoms with E-state index in [1.807, 2.05) is 32.0 Å². The Morgan fingerprint density at radius 1 is 1.07 bits per heavy atom. The summed E-state index contributed by atoms with van der Waals surface area (Å²) in [5.41, 5.74) is 7.81. The van der Waals surface area contributed by atoms with Crippen LogP contribution in [0.3, 0.4) is 0 Å². The third-order valence-electron chi connectivity index (χ3n) is 4.53. The van der Waals surface area contributed by atoms with Crippen LogP contribution in [-0.2, 0) is 9.59 Å². The molecule has 1 aliphatic rings. The second-order valence-electron chi connectivity index (χ2n) is 6.76. The summed E-state index contributed by atoms with van der Waals surface area (Å²) in [4.78, 5) is 37.6. The molecule has 1 fully saturated rings. The van der Waals surface area contributed by atoms with Crippen LogP contribution in [0.15, 0.2) is 42.5 Å². The van der Waals surface area contributed by atoms with Gasteiger partial charge in [-0.25, -0.2) is 0 Å². The topological polar surface area (TPSA) is 87.7 Å². The average Bonchev–Trinajstić information content (AvgIpc) is 3.12. The van der Waals surface area contributed by atoms with Crippen molar-refractivity contribution < 1.29 is 19.1 Å². The molecule has 0 radical (unpaired) electrons. The molecule has 0 aliphatic carbocycles. The van der Waals surface area contributed by atoms with Gasteiger partial charge in [-0.3, -0.25) is 25.2 Å². The van der Waals surface area contributed by atoms with E-state index in [1.165, 1.54) is 0 Å². The van der Waals surface area contributed by atoms with Gasteiger partial charge in [-0.05, 0) is 61.7 Å². The summed E-state index contributed by atoms with van der Waals surface area (Å²) in [5, 5.41) is 0. The Bertz CT molecular complexity index is 893. The molecule has 0 atom stereocenters. The fourth-order valence-corrected chi connectivity index (χ4v) is 2.95. The second kappa shape index (κ2) is 8.56. The highest BCUT2D eigenvalue weighted by atomic mass is 16.5. The molecule has 0 aromatic heterocycles. The van der Waals surface area contributed by atoms with E-state index in [4.69, 9.17) is 4.74 Å². The van der Waals surface area contributed by atoms with E-state index in [1.54, 1.807) is 29.2 Å². The highest BCUT2D eigenvalue weighted by Gasteiger charge is 2.21. The van der Waals surface area contributed by atoms with Crippen molar-refractivity contribution in [2.45, 2.75) is 26.7 Å². The molecule has 0 saturated carbocycles. The van der Waals surface area contributed by atoms with Crippen LogP contribution >= 0.6 is 0 Å². The third kappa shape index (κ3) is 4.68. The van der Waals surface area contributed by atoms with E-state index < -0.39 is 11.8 Å². The maximum atomic E-state index is 12.2. The number of nitrogens with zero attached hydrogens (tertiary/aromatic N) is 1. The number of hydrazine groups is 1. The van der Waals surface area contributed by atoms with Gasteiger partial charge in [0.15, 0.2) is 6.61 Å². The number of amides is 3. The Hall–Kier alpha value is -3.35. The molecule has 3 amide bonds. The van der Waals surface area contributed by atoms with Gasteiger partial charge >= 0.3 is 0 Å². The zero-order chi connectivity index (χ0) is 20.1. The quantitative estimate of drug-likeness (QED) is 0.778. The smallest absolute Gasteiger partial charge is 0.276 e. The Balaban J connectivity index is 1.48. The molecule has 1 aliphatic heterocycles. The normalized spacial score (nSPS) is 13.4. The van der Waals surface area contributed by atoms with Crippen LogP contribution in [0.2, 0.25) is 0 Å². The second-order valence-corrected chi connectivity index (χ2v) is 6.76. The summed E-state index contributed by atoms with van der Waals surface area (Å²) in [6.45, 7) is 4.33. The predicted molar refractivity (Wildman–Crippen MR) is 105 cm³/mol. The highest BCUT2D eigenvalue weighted by Crippen LogP contribution is 2.21. The molecule has 2 aromatic rings. The van der Waals surface area contributed by atoms with Crippen molar-refractivity contribution in [1.82, 2.24) is 10.9 Å². The number of hydrogen-bond acceptors (Lipinski definition) is 4. The van der Waals surface area contributed by atoms with E-state index in [2.05, 4.69) is 10.9 Å². The van der Waals surface area contributed by atoms with Crippen molar-refractivity contribution in [3.63, 3.8) is 0 Å². The summed E-state index contributed by atoms with van der Waals surface area (Å²) in [6.07, 6.45) is 1.40. The van der Waals surface area contributed by atoms with Crippen LogP contribution in [0.1, 0.15) is 34.3 Å². The Morgan fingerprint density at radius 3 is 2.50 bits per heavy atom. The monoisotopic (exact) mass is 381 g/mol. The number of rotatable bonds is 5. The minimum atomic E-state index is -0.464. The van der Waals surface area contributed by atoms with E-state index in [0.29, 0.717) is 24.3 Å². The molecule has 146 valence electrons. The molecule has 28 heavy (non-hydrogen) atoms. The molecule has 1 heterocycles. The summed E-state index contributed by atoms with van der Waals surface area (Å²) in [5.74, 6) is -0.185. The van der Waals surface area contributed by atoms with Crippen LogP contribution in [-0.4, -0.2) is 30.9 Å². The maximum Gasteiger partial charge on any atom is 0.276 e. The molecular weight excluding hydrogens is 358 g/mol. The predicted octanol–water partition coefficient (Wildman–Crippen LogP) is 2.27. The molecule has 0 unspecified atom stereocenters. The number of nitrogens with one attached hydrogen (secondary N) is 2. The lowest BCUT2D eigenvalue weighted by Gasteiger charge is -2.16. The number of carbonyl (C=O) groups is 3. The molecule has 2 N–H and O–H groups in total. The Morgan fingerprint density at radius 2 is 1.82 bits per heavy atom. The SMILES string of the molecule is Cc1ccc(C)c(OCC(=O)NNC(=O)c2ccc(N3CCCC3=O)cc2)c1. The highest BCUT2D eigenvalue weighted by molar-refractivity contribution is 5.98. The fourth-order valence-electron chi connectivity index (χ4n) is 2.95. The molecular formula is C21H23N3O4. The van der Waals surface area contributed by atoms with Gasteiger partial charge in [0, 0.05) is 24.2 Å². The van der Waals surface area contributed by atoms with E-state index in [-0.39, 0.29) is 12.5 Å². The van der Waals surface area contributed by atoms with Gasteiger partial charge in [-0.1, -0.05) is 12.1 Å². The summed E-state index contributed by atoms with van der Waals surface area (Å²) in [6, 6.07) is 12.4. The standard InChI is InChI=1S/C21H23N3O4/c1-14-5-6-15(2)18(12-14)28-13-19(25)22-23-21(27)16-7-9-17(10-8-16)24-11-3-4-20(24)26/h5-10,12H,3-4,11,13H2,1-2H3,(H,22,25)(H,23,27). The first-order valence-electron chi connectivity index (χ1n) is 9.14. The number of carbonyl (C=O) groups excluding carboxylic acids is 3. The number of hydrogen-bond donors (Lipinski definition) is 2. The van der Waals surface area contributed by atoms with Crippen molar-refractivity contribution in [3.05, 3.63) is 59.2 Å². The minimum absolute atomic E-state index is 0.0910. The number of aryl methyl sites for hydroxylation is 2. The first-order valence-corrected chi connectivity index (χ1v) is 9.14. The van der Waals surface area contributed by atoms with Crippen LogP contribution in [0.5, 0.6) is 5.75 Å². The van der Waals surface area contributed by atoms with Gasteiger partial charge in [-0.15, -0.1) is 0 Å². The van der Waals surface area contributed by atoms with Gasteiger partial charge in [0.05, 0.1) is 0 Å². The summed E-state index contributed by atoms with van der Waals surface area (Å²) in [7, 11) is 0. The van der Waals surface area contributed by atoms with Gasteiger partial charge in [0.1, 0.15) is 5.75 Å². The molecule has 0 spiro atoms. The maximum absolute atomic E-state index is 12.2. The van der Waals surface area contributed by atoms with Gasteiger partial charge in [-0.2, -0.15) is 0 Å². The minimum Gasteiger partial charge on any atom is -0.483 e. The Kier molecular flexibility index (Phi) is 5.93. The molecule has 0 bridgehead atoms. The van der Waals surface area contributed by atoms with Gasteiger partial charge in [0.2, 0.25) is 5.91 Å². The number of anilines is 1. The van der Waals surface area contributed by atoms with Crippen molar-refractivity contribution >= 4 is 23.4 Å². The molecule has 3 rings (SSSR count). The molecule has 7 nitrogen and oxygen atoms in total. The molecule has 1 saturated heterocycles. The first kappa shape index (κ1) is 19.4. The lowest BCUT2D eigenvalue weighted by atomic mass is 10.1. The summed E-state index contributed by atoms with van der Waals surface area (Å²) < 4.78 is 5.50. The molecule has 7 heteroatoms. The van der Waals surface area contributed by atoms with Gasteiger partial charge in [0.25, 0.3) is 11.8 Å². The van der Waals surface area contributed by atoms with E-state index in [0.717, 1.165) is 23.2 Å². The summed E-state index contributed by atoms with van der Waals surface area (Å²) >= 11 is 0. The fraction of sp³-hybridized carbons (Fsp3) is 0.286. The lowest BCUT2D eigenvalue weighted by Crippen LogP contribution is -2.43. The molecule has 2 aromatic carbocycles. The van der Waals surface area contributed by atoms with Crippen molar-refractivity contribution in [3.8, 4) is 5.75 Å². The van der Waals surface area contributed by atoms with Crippen LogP contribution in [0.25, 0.3) is 0 Å². The van der Waals surface area contributed by atoms with Crippen molar-refractivity contribution in [1.29, 1.82) is 0 Å². The van der Waals surface area contributed by atoms with Crippen molar-refractivity contribution in [2.75, 3.05) is 18.1 Å². The Labute approximate surface area is 163 Å². The largest absolute Gasteiger partial charge is 0.483 e. The van der Waals surface area contributed by atoms with Crippen LogP contribution in [0, 0.1) is 13.8 Å². The van der Waals surface area contributed by atoms with Gasteiger partial charge < -0.3 is 9.64 Å². The number of ether oxygens (including phenoxy) is 1. The lowest BCUT2D eigenvalue weighted by molar-refractivity contribution is -0.123. The average molecular weight is 381 g/mol. The van der Waals surface area contributed by atoms with E-state index >= 15 is 0 Å². The van der Waals surface area contributed by atoms with Crippen LogP contribution in [0.4, 0.5) is 5.69 Å². The van der Waals surface area contributed by atoms with Crippen molar-refractivity contribution in [2.24, 2.45) is 0 Å². The number of benzene rings is 2. The zero-order valence-electron chi connectivity index (χ0n) is 16.0. The van der Waals surface area contributed by atoms with Crippen LogP contribution < -0.4 is 20.5 Å².